The van der Waals surface area contributed by atoms with E-state index in [1.54, 1.807) is 0 Å². The lowest BCUT2D eigenvalue weighted by Crippen LogP contribution is -2.36. The summed E-state index contributed by atoms with van der Waals surface area (Å²) in [6.45, 7) is 4.97. The summed E-state index contributed by atoms with van der Waals surface area (Å²) in [6, 6.07) is 0. The molecule has 2 fully saturated rings. The Balaban J connectivity index is 2.10. The summed E-state index contributed by atoms with van der Waals surface area (Å²) in [6.07, 6.45) is 0. The molecule has 3 rings (SSSR count). The van der Waals surface area contributed by atoms with Crippen molar-refractivity contribution in [3.63, 3.8) is 0 Å². The molecule has 0 saturated carbocycles. The molecule has 2 aliphatic heterocycles. The van der Waals surface area contributed by atoms with E-state index in [9.17, 15) is 9.59 Å². The van der Waals surface area contributed by atoms with Gasteiger partial charge in [-0.05, 0) is 0 Å². The number of carbonyl (C=O) groups excluding carboxylic acids is 2. The summed E-state index contributed by atoms with van der Waals surface area (Å²) in [7, 11) is 2.64. The average molecular weight is 370 g/mol. The van der Waals surface area contributed by atoms with Crippen LogP contribution in [0.2, 0.25) is 0 Å². The highest BCUT2D eigenvalue weighted by molar-refractivity contribution is 7.21. The summed E-state index contributed by atoms with van der Waals surface area (Å²) < 4.78 is 20.7. The lowest BCUT2D eigenvalue weighted by molar-refractivity contribution is 0.0556. The second-order valence-electron chi connectivity index (χ2n) is 5.64. The van der Waals surface area contributed by atoms with Crippen LogP contribution in [0.4, 0.5) is 10.0 Å². The number of anilines is 2. The number of ether oxygens (including phenoxy) is 4. The SMILES string of the molecule is COC(=O)c1c(N2CCOCC2)sc(N2CCOCC2)c1C(=O)OC. The van der Waals surface area contributed by atoms with E-state index in [1.165, 1.54) is 25.6 Å². The van der Waals surface area contributed by atoms with Gasteiger partial charge in [-0.25, -0.2) is 9.59 Å². The van der Waals surface area contributed by atoms with Gasteiger partial charge in [-0.15, -0.1) is 0 Å². The predicted molar refractivity (Wildman–Crippen MR) is 93.1 cm³/mol. The third-order valence-electron chi connectivity index (χ3n) is 4.25. The monoisotopic (exact) mass is 370 g/mol. The van der Waals surface area contributed by atoms with Crippen molar-refractivity contribution in [2.24, 2.45) is 0 Å². The molecule has 9 heteroatoms. The molecular formula is C16H22N2O6S. The van der Waals surface area contributed by atoms with Crippen LogP contribution in [-0.4, -0.2) is 78.8 Å². The molecule has 2 aliphatic rings. The maximum Gasteiger partial charge on any atom is 0.341 e. The molecule has 2 saturated heterocycles. The van der Waals surface area contributed by atoms with Crippen LogP contribution in [0.15, 0.2) is 0 Å². The zero-order valence-corrected chi connectivity index (χ0v) is 15.2. The van der Waals surface area contributed by atoms with Crippen LogP contribution < -0.4 is 9.80 Å². The Bertz CT molecular complexity index is 582. The van der Waals surface area contributed by atoms with Crippen molar-refractivity contribution in [2.75, 3.05) is 76.6 Å². The fraction of sp³-hybridized carbons (Fsp3) is 0.625. The lowest BCUT2D eigenvalue weighted by atomic mass is 10.1. The molecule has 0 aromatic carbocycles. The largest absolute Gasteiger partial charge is 0.465 e. The van der Waals surface area contributed by atoms with Crippen LogP contribution in [0.25, 0.3) is 0 Å². The Kier molecular flexibility index (Phi) is 5.77. The van der Waals surface area contributed by atoms with Gasteiger partial charge in [-0.3, -0.25) is 0 Å². The molecule has 0 spiro atoms. The van der Waals surface area contributed by atoms with E-state index < -0.39 is 11.9 Å². The molecule has 8 nitrogen and oxygen atoms in total. The van der Waals surface area contributed by atoms with Crippen LogP contribution in [0.3, 0.4) is 0 Å². The molecule has 0 aliphatic carbocycles. The zero-order chi connectivity index (χ0) is 17.8. The topological polar surface area (TPSA) is 77.5 Å². The van der Waals surface area contributed by atoms with Crippen LogP contribution in [0, 0.1) is 0 Å². The zero-order valence-electron chi connectivity index (χ0n) is 14.4. The van der Waals surface area contributed by atoms with Crippen LogP contribution in [0.1, 0.15) is 20.7 Å². The van der Waals surface area contributed by atoms with Crippen molar-refractivity contribution < 1.29 is 28.5 Å². The number of rotatable bonds is 4. The van der Waals surface area contributed by atoms with E-state index >= 15 is 0 Å². The molecule has 138 valence electrons. The van der Waals surface area contributed by atoms with Gasteiger partial charge in [-0.2, -0.15) is 0 Å². The fourth-order valence-corrected chi connectivity index (χ4v) is 4.35. The number of carbonyl (C=O) groups is 2. The second-order valence-corrected chi connectivity index (χ2v) is 6.62. The van der Waals surface area contributed by atoms with Crippen LogP contribution in [0.5, 0.6) is 0 Å². The summed E-state index contributed by atoms with van der Waals surface area (Å²) in [5.74, 6) is -1.06. The van der Waals surface area contributed by atoms with E-state index in [2.05, 4.69) is 9.80 Å². The summed E-state index contributed by atoms with van der Waals surface area (Å²) in [5, 5.41) is 1.47. The standard InChI is InChI=1S/C16H22N2O6S/c1-21-15(19)11-12(16(20)22-2)14(18-5-9-24-10-6-18)25-13(11)17-3-7-23-8-4-17/h3-10H2,1-2H3. The first-order valence-electron chi connectivity index (χ1n) is 8.16. The normalized spacial score (nSPS) is 18.2. The Morgan fingerprint density at radius 2 is 1.16 bits per heavy atom. The first-order valence-corrected chi connectivity index (χ1v) is 8.97. The number of hydrogen-bond donors (Lipinski definition) is 0. The predicted octanol–water partition coefficient (Wildman–Crippen LogP) is 0.994. The fourth-order valence-electron chi connectivity index (χ4n) is 2.97. The first-order chi connectivity index (χ1) is 12.2. The maximum absolute atomic E-state index is 12.5. The highest BCUT2D eigenvalue weighted by Gasteiger charge is 2.35. The van der Waals surface area contributed by atoms with Crippen molar-refractivity contribution in [3.05, 3.63) is 11.1 Å². The highest BCUT2D eigenvalue weighted by Crippen LogP contribution is 2.43. The minimum absolute atomic E-state index is 0.280. The number of nitrogens with zero attached hydrogens (tertiary/aromatic N) is 2. The van der Waals surface area contributed by atoms with E-state index in [0.29, 0.717) is 52.6 Å². The van der Waals surface area contributed by atoms with Gasteiger partial charge in [0.2, 0.25) is 0 Å². The molecule has 0 radical (unpaired) electrons. The number of esters is 2. The molecule has 1 aromatic rings. The van der Waals surface area contributed by atoms with Crippen molar-refractivity contribution in [1.82, 2.24) is 0 Å². The molecule has 0 atom stereocenters. The molecule has 25 heavy (non-hydrogen) atoms. The molecule has 1 aromatic heterocycles. The van der Waals surface area contributed by atoms with Crippen molar-refractivity contribution >= 4 is 33.3 Å². The van der Waals surface area contributed by atoms with Crippen molar-refractivity contribution in [2.45, 2.75) is 0 Å². The number of thiophene rings is 1. The smallest absolute Gasteiger partial charge is 0.341 e. The van der Waals surface area contributed by atoms with Gasteiger partial charge in [0.1, 0.15) is 21.1 Å². The van der Waals surface area contributed by atoms with E-state index in [-0.39, 0.29) is 11.1 Å². The van der Waals surface area contributed by atoms with Crippen molar-refractivity contribution in [1.29, 1.82) is 0 Å². The van der Waals surface area contributed by atoms with Crippen LogP contribution >= 0.6 is 11.3 Å². The third kappa shape index (κ3) is 3.58. The molecule has 3 heterocycles. The molecule has 0 N–H and O–H groups in total. The maximum atomic E-state index is 12.5. The molecule has 0 unspecified atom stereocenters. The summed E-state index contributed by atoms with van der Waals surface area (Å²) in [4.78, 5) is 29.1. The minimum Gasteiger partial charge on any atom is -0.465 e. The van der Waals surface area contributed by atoms with Gasteiger partial charge < -0.3 is 28.7 Å². The van der Waals surface area contributed by atoms with Gasteiger partial charge in [0.25, 0.3) is 0 Å². The number of methoxy groups -OCH3 is 2. The quantitative estimate of drug-likeness (QED) is 0.727. The Morgan fingerprint density at radius 1 is 0.800 bits per heavy atom. The Hall–Kier alpha value is -1.84. The Labute approximate surface area is 150 Å². The highest BCUT2D eigenvalue weighted by atomic mass is 32.1. The molecular weight excluding hydrogens is 348 g/mol. The van der Waals surface area contributed by atoms with E-state index in [1.807, 2.05) is 0 Å². The molecule has 0 bridgehead atoms. The number of hydrogen-bond acceptors (Lipinski definition) is 9. The molecule has 0 amide bonds. The Morgan fingerprint density at radius 3 is 1.48 bits per heavy atom. The third-order valence-corrected chi connectivity index (χ3v) is 5.56. The average Bonchev–Trinajstić information content (AvgIpc) is 3.08. The van der Waals surface area contributed by atoms with Gasteiger partial charge in [-0.1, -0.05) is 11.3 Å². The van der Waals surface area contributed by atoms with Gasteiger partial charge in [0.15, 0.2) is 0 Å². The van der Waals surface area contributed by atoms with Gasteiger partial charge in [0.05, 0.1) is 40.6 Å². The first kappa shape index (κ1) is 18.0. The van der Waals surface area contributed by atoms with Crippen LogP contribution in [-0.2, 0) is 18.9 Å². The van der Waals surface area contributed by atoms with E-state index in [0.717, 1.165) is 10.0 Å². The lowest BCUT2D eigenvalue weighted by Gasteiger charge is -2.29. The summed E-state index contributed by atoms with van der Waals surface area (Å²) >= 11 is 1.43. The second kappa shape index (κ2) is 8.03. The van der Waals surface area contributed by atoms with Gasteiger partial charge in [0, 0.05) is 26.2 Å². The number of morpholine rings is 2. The van der Waals surface area contributed by atoms with Crippen molar-refractivity contribution in [3.8, 4) is 0 Å². The summed E-state index contributed by atoms with van der Waals surface area (Å²) in [5.41, 5.74) is 0.561. The van der Waals surface area contributed by atoms with Gasteiger partial charge >= 0.3 is 11.9 Å². The minimum atomic E-state index is -0.530. The van der Waals surface area contributed by atoms with E-state index in [4.69, 9.17) is 18.9 Å².